The van der Waals surface area contributed by atoms with Gasteiger partial charge in [-0.15, -0.1) is 0 Å². The maximum atomic E-state index is 11.7. The van der Waals surface area contributed by atoms with Gasteiger partial charge in [0.05, 0.1) is 20.6 Å². The van der Waals surface area contributed by atoms with E-state index in [1.165, 1.54) is 0 Å². The third kappa shape index (κ3) is 3.92. The second-order valence-corrected chi connectivity index (χ2v) is 3.82. The van der Waals surface area contributed by atoms with Crippen LogP contribution in [-0.2, 0) is 11.2 Å². The molecule has 0 aliphatic carbocycles. The summed E-state index contributed by atoms with van der Waals surface area (Å²) in [5, 5.41) is 2.81. The predicted octanol–water partition coefficient (Wildman–Crippen LogP) is 0.711. The van der Waals surface area contributed by atoms with Gasteiger partial charge >= 0.3 is 0 Å². The molecule has 0 spiro atoms. The fourth-order valence-corrected chi connectivity index (χ4v) is 1.66. The lowest BCUT2D eigenvalue weighted by atomic mass is 10.1. The Morgan fingerprint density at radius 2 is 2.11 bits per heavy atom. The van der Waals surface area contributed by atoms with Gasteiger partial charge < -0.3 is 20.5 Å². The minimum absolute atomic E-state index is 0.0463. The monoisotopic (exact) mass is 252 g/mol. The number of rotatable bonds is 7. The Bertz CT molecular complexity index is 394. The van der Waals surface area contributed by atoms with E-state index in [-0.39, 0.29) is 12.3 Å². The second-order valence-electron chi connectivity index (χ2n) is 3.82. The lowest BCUT2D eigenvalue weighted by Crippen LogP contribution is -2.27. The SMILES string of the molecule is COc1cccc(CC(=O)NCCCN)c1OC. The van der Waals surface area contributed by atoms with Crippen LogP contribution in [0.3, 0.4) is 0 Å². The van der Waals surface area contributed by atoms with Crippen molar-refractivity contribution in [3.8, 4) is 11.5 Å². The molecule has 18 heavy (non-hydrogen) atoms. The van der Waals surface area contributed by atoms with Crippen molar-refractivity contribution in [3.63, 3.8) is 0 Å². The molecule has 0 heterocycles. The number of para-hydroxylation sites is 1. The molecular formula is C13H20N2O3. The molecule has 100 valence electrons. The van der Waals surface area contributed by atoms with Gasteiger partial charge in [-0.3, -0.25) is 4.79 Å². The zero-order valence-corrected chi connectivity index (χ0v) is 10.9. The minimum Gasteiger partial charge on any atom is -0.493 e. The molecule has 0 aromatic heterocycles. The molecule has 5 heteroatoms. The molecular weight excluding hydrogens is 232 g/mol. The van der Waals surface area contributed by atoms with Gasteiger partial charge in [0.1, 0.15) is 0 Å². The van der Waals surface area contributed by atoms with Gasteiger partial charge in [-0.25, -0.2) is 0 Å². The standard InChI is InChI=1S/C13H20N2O3/c1-17-11-6-3-5-10(13(11)18-2)9-12(16)15-8-4-7-14/h3,5-6H,4,7-9,14H2,1-2H3,(H,15,16). The fraction of sp³-hybridized carbons (Fsp3) is 0.462. The van der Waals surface area contributed by atoms with Crippen molar-refractivity contribution < 1.29 is 14.3 Å². The number of carbonyl (C=O) groups is 1. The van der Waals surface area contributed by atoms with Crippen molar-refractivity contribution in [2.75, 3.05) is 27.3 Å². The highest BCUT2D eigenvalue weighted by molar-refractivity contribution is 5.79. The van der Waals surface area contributed by atoms with Crippen LogP contribution in [0.5, 0.6) is 11.5 Å². The van der Waals surface area contributed by atoms with Crippen molar-refractivity contribution in [2.45, 2.75) is 12.8 Å². The predicted molar refractivity (Wildman–Crippen MR) is 69.9 cm³/mol. The summed E-state index contributed by atoms with van der Waals surface area (Å²) in [7, 11) is 3.14. The molecule has 0 fully saturated rings. The normalized spacial score (nSPS) is 9.94. The van der Waals surface area contributed by atoms with Crippen molar-refractivity contribution in [2.24, 2.45) is 5.73 Å². The zero-order chi connectivity index (χ0) is 13.4. The number of carbonyl (C=O) groups excluding carboxylic acids is 1. The maximum Gasteiger partial charge on any atom is 0.224 e. The molecule has 0 unspecified atom stereocenters. The highest BCUT2D eigenvalue weighted by Gasteiger charge is 2.12. The number of nitrogens with two attached hydrogens (primary N) is 1. The number of hydrogen-bond donors (Lipinski definition) is 2. The van der Waals surface area contributed by atoms with Crippen molar-refractivity contribution in [1.29, 1.82) is 0 Å². The van der Waals surface area contributed by atoms with Crippen molar-refractivity contribution in [3.05, 3.63) is 23.8 Å². The Kier molecular flexibility index (Phi) is 6.00. The van der Waals surface area contributed by atoms with Crippen LogP contribution in [0.1, 0.15) is 12.0 Å². The van der Waals surface area contributed by atoms with Crippen molar-refractivity contribution >= 4 is 5.91 Å². The maximum absolute atomic E-state index is 11.7. The largest absolute Gasteiger partial charge is 0.493 e. The summed E-state index contributed by atoms with van der Waals surface area (Å²) in [6.07, 6.45) is 1.05. The average molecular weight is 252 g/mol. The van der Waals surface area contributed by atoms with Crippen LogP contribution in [0.2, 0.25) is 0 Å². The number of hydrogen-bond acceptors (Lipinski definition) is 4. The molecule has 1 aromatic carbocycles. The van der Waals surface area contributed by atoms with Crippen molar-refractivity contribution in [1.82, 2.24) is 5.32 Å². The second kappa shape index (κ2) is 7.55. The zero-order valence-electron chi connectivity index (χ0n) is 10.9. The highest BCUT2D eigenvalue weighted by atomic mass is 16.5. The molecule has 0 bridgehead atoms. The molecule has 1 amide bonds. The van der Waals surface area contributed by atoms with Crippen LogP contribution >= 0.6 is 0 Å². The van der Waals surface area contributed by atoms with Gasteiger partial charge in [0.2, 0.25) is 5.91 Å². The molecule has 0 atom stereocenters. The summed E-state index contributed by atoms with van der Waals surface area (Å²) in [5.41, 5.74) is 6.17. The summed E-state index contributed by atoms with van der Waals surface area (Å²) in [6, 6.07) is 5.49. The Morgan fingerprint density at radius 3 is 2.72 bits per heavy atom. The molecule has 0 radical (unpaired) electrons. The number of nitrogens with one attached hydrogen (secondary N) is 1. The third-order valence-electron chi connectivity index (χ3n) is 2.54. The van der Waals surface area contributed by atoms with E-state index in [1.807, 2.05) is 12.1 Å². The lowest BCUT2D eigenvalue weighted by molar-refractivity contribution is -0.120. The number of amides is 1. The van der Waals surface area contributed by atoms with E-state index >= 15 is 0 Å². The van der Waals surface area contributed by atoms with E-state index < -0.39 is 0 Å². The molecule has 5 nitrogen and oxygen atoms in total. The first kappa shape index (κ1) is 14.3. The summed E-state index contributed by atoms with van der Waals surface area (Å²) in [5.74, 6) is 1.19. The molecule has 0 aliphatic heterocycles. The van der Waals surface area contributed by atoms with Crippen LogP contribution in [0.15, 0.2) is 18.2 Å². The minimum atomic E-state index is -0.0463. The Hall–Kier alpha value is -1.75. The van der Waals surface area contributed by atoms with E-state index in [4.69, 9.17) is 15.2 Å². The Morgan fingerprint density at radius 1 is 1.33 bits per heavy atom. The van der Waals surface area contributed by atoms with Gasteiger partial charge in [-0.2, -0.15) is 0 Å². The van der Waals surface area contributed by atoms with Gasteiger partial charge in [-0.1, -0.05) is 12.1 Å². The van der Waals surface area contributed by atoms with Crippen LogP contribution in [0, 0.1) is 0 Å². The first-order valence-corrected chi connectivity index (χ1v) is 5.89. The Balaban J connectivity index is 2.68. The highest BCUT2D eigenvalue weighted by Crippen LogP contribution is 2.30. The first-order chi connectivity index (χ1) is 8.72. The number of ether oxygens (including phenoxy) is 2. The molecule has 1 aromatic rings. The van der Waals surface area contributed by atoms with Gasteiger partial charge in [-0.05, 0) is 19.0 Å². The van der Waals surface area contributed by atoms with Crippen LogP contribution in [0.25, 0.3) is 0 Å². The average Bonchev–Trinajstić information content (AvgIpc) is 2.38. The van der Waals surface area contributed by atoms with E-state index in [0.717, 1.165) is 12.0 Å². The molecule has 0 aliphatic rings. The molecule has 3 N–H and O–H groups in total. The summed E-state index contributed by atoms with van der Waals surface area (Å²) in [6.45, 7) is 1.17. The molecule has 0 saturated heterocycles. The summed E-state index contributed by atoms with van der Waals surface area (Å²) >= 11 is 0. The van der Waals surface area contributed by atoms with E-state index in [9.17, 15) is 4.79 Å². The smallest absolute Gasteiger partial charge is 0.224 e. The van der Waals surface area contributed by atoms with E-state index in [2.05, 4.69) is 5.32 Å². The number of methoxy groups -OCH3 is 2. The van der Waals surface area contributed by atoms with Crippen LogP contribution < -0.4 is 20.5 Å². The van der Waals surface area contributed by atoms with Crippen LogP contribution in [0.4, 0.5) is 0 Å². The molecule has 1 rings (SSSR count). The third-order valence-corrected chi connectivity index (χ3v) is 2.54. The topological polar surface area (TPSA) is 73.6 Å². The first-order valence-electron chi connectivity index (χ1n) is 5.89. The Labute approximate surface area is 107 Å². The fourth-order valence-electron chi connectivity index (χ4n) is 1.66. The van der Waals surface area contributed by atoms with Gasteiger partial charge in [0.25, 0.3) is 0 Å². The van der Waals surface area contributed by atoms with E-state index in [1.54, 1.807) is 20.3 Å². The number of benzene rings is 1. The molecule has 0 saturated carbocycles. The van der Waals surface area contributed by atoms with Crippen LogP contribution in [-0.4, -0.2) is 33.2 Å². The van der Waals surface area contributed by atoms with Gasteiger partial charge in [0.15, 0.2) is 11.5 Å². The lowest BCUT2D eigenvalue weighted by Gasteiger charge is -2.12. The summed E-state index contributed by atoms with van der Waals surface area (Å²) in [4.78, 5) is 11.7. The van der Waals surface area contributed by atoms with E-state index in [0.29, 0.717) is 24.6 Å². The quantitative estimate of drug-likeness (QED) is 0.701. The summed E-state index contributed by atoms with van der Waals surface area (Å²) < 4.78 is 10.5. The van der Waals surface area contributed by atoms with Gasteiger partial charge in [0, 0.05) is 12.1 Å².